The third kappa shape index (κ3) is 7.17. The van der Waals surface area contributed by atoms with E-state index in [0.29, 0.717) is 13.1 Å². The van der Waals surface area contributed by atoms with Crippen molar-refractivity contribution in [3.05, 3.63) is 0 Å². The second-order valence-corrected chi connectivity index (χ2v) is 4.78. The molecule has 7 nitrogen and oxygen atoms in total. The van der Waals surface area contributed by atoms with E-state index in [4.69, 9.17) is 5.11 Å². The van der Waals surface area contributed by atoms with Gasteiger partial charge in [0.05, 0.1) is 6.10 Å². The molecule has 0 saturated carbocycles. The van der Waals surface area contributed by atoms with Gasteiger partial charge in [-0.2, -0.15) is 0 Å². The van der Waals surface area contributed by atoms with Crippen LogP contribution < -0.4 is 16.0 Å². The molecule has 6 N–H and O–H groups in total. The van der Waals surface area contributed by atoms with Crippen molar-refractivity contribution in [2.45, 2.75) is 18.8 Å². The van der Waals surface area contributed by atoms with Crippen LogP contribution in [0.3, 0.4) is 0 Å². The molecule has 1 heterocycles. The normalized spacial score (nSPS) is 24.2. The minimum Gasteiger partial charge on any atom is -0.396 e. The van der Waals surface area contributed by atoms with Crippen molar-refractivity contribution in [1.82, 2.24) is 20.9 Å². The van der Waals surface area contributed by atoms with Crippen molar-refractivity contribution in [3.8, 4) is 0 Å². The Balaban J connectivity index is 2.41. The smallest absolute Gasteiger partial charge is 0.133 e. The van der Waals surface area contributed by atoms with Crippen LogP contribution in [0.1, 0.15) is 6.42 Å². The van der Waals surface area contributed by atoms with Gasteiger partial charge in [0.25, 0.3) is 0 Å². The van der Waals surface area contributed by atoms with Gasteiger partial charge in [-0.3, -0.25) is 4.90 Å². The predicted octanol–water partition coefficient (Wildman–Crippen LogP) is -2.87. The van der Waals surface area contributed by atoms with E-state index in [2.05, 4.69) is 16.0 Å². The maximum Gasteiger partial charge on any atom is 0.133 e. The Hall–Kier alpha value is -0.280. The first-order chi connectivity index (χ1) is 9.25. The molecule has 1 saturated heterocycles. The highest BCUT2D eigenvalue weighted by Crippen LogP contribution is 2.04. The molecule has 0 aliphatic carbocycles. The van der Waals surface area contributed by atoms with Crippen molar-refractivity contribution >= 4 is 0 Å². The Labute approximate surface area is 115 Å². The quantitative estimate of drug-likeness (QED) is 0.328. The summed E-state index contributed by atoms with van der Waals surface area (Å²) in [7, 11) is 0. The molecule has 0 amide bonds. The molecule has 0 aromatic heterocycles. The Bertz CT molecular complexity index is 209. The van der Waals surface area contributed by atoms with Crippen LogP contribution in [0.2, 0.25) is 0 Å². The number of hydrogen-bond donors (Lipinski definition) is 6. The van der Waals surface area contributed by atoms with E-state index in [1.807, 2.05) is 4.90 Å². The summed E-state index contributed by atoms with van der Waals surface area (Å²) in [6, 6.07) is 0. The lowest BCUT2D eigenvalue weighted by Gasteiger charge is -2.31. The van der Waals surface area contributed by atoms with Crippen LogP contribution >= 0.6 is 0 Å². The Morgan fingerprint density at radius 3 is 1.79 bits per heavy atom. The monoisotopic (exact) mass is 276 g/mol. The fourth-order valence-corrected chi connectivity index (χ4v) is 2.07. The zero-order valence-corrected chi connectivity index (χ0v) is 11.5. The van der Waals surface area contributed by atoms with Gasteiger partial charge in [0.1, 0.15) is 6.23 Å². The number of hydrogen-bond acceptors (Lipinski definition) is 7. The third-order valence-corrected chi connectivity index (χ3v) is 3.25. The van der Waals surface area contributed by atoms with Crippen molar-refractivity contribution in [3.63, 3.8) is 0 Å². The van der Waals surface area contributed by atoms with Gasteiger partial charge >= 0.3 is 0 Å². The Morgan fingerprint density at radius 1 is 0.842 bits per heavy atom. The van der Waals surface area contributed by atoms with E-state index >= 15 is 0 Å². The van der Waals surface area contributed by atoms with Crippen LogP contribution in [0.5, 0.6) is 0 Å². The molecule has 2 atom stereocenters. The first kappa shape index (κ1) is 16.8. The number of nitrogens with one attached hydrogen (secondary N) is 3. The number of nitrogens with zero attached hydrogens (tertiary/aromatic N) is 1. The third-order valence-electron chi connectivity index (χ3n) is 3.25. The highest BCUT2D eigenvalue weighted by atomic mass is 16.3. The molecule has 1 rings (SSSR count). The van der Waals surface area contributed by atoms with Gasteiger partial charge in [-0.05, 0) is 0 Å². The fourth-order valence-electron chi connectivity index (χ4n) is 2.07. The topological polar surface area (TPSA) is 100 Å². The van der Waals surface area contributed by atoms with Crippen LogP contribution in [0.25, 0.3) is 0 Å². The first-order valence-electron chi connectivity index (χ1n) is 7.09. The lowest BCUT2D eigenvalue weighted by Crippen LogP contribution is -2.50. The van der Waals surface area contributed by atoms with Crippen LogP contribution in [0, 0.1) is 0 Å². The second-order valence-electron chi connectivity index (χ2n) is 4.78. The lowest BCUT2D eigenvalue weighted by molar-refractivity contribution is -0.0882. The highest BCUT2D eigenvalue weighted by molar-refractivity contribution is 4.72. The summed E-state index contributed by atoms with van der Waals surface area (Å²) in [6.45, 7) is 6.40. The van der Waals surface area contributed by atoms with Crippen molar-refractivity contribution in [2.24, 2.45) is 0 Å². The van der Waals surface area contributed by atoms with Gasteiger partial charge < -0.3 is 31.3 Å². The summed E-state index contributed by atoms with van der Waals surface area (Å²) >= 11 is 0. The lowest BCUT2D eigenvalue weighted by atomic mass is 10.2. The standard InChI is InChI=1S/C12H28N4O3/c17-10-1-11(18)12(19)16-8-6-14-4-2-13-3-5-15-7-9-16/h11-15,17-19H,1-10H2. The fraction of sp³-hybridized carbons (Fsp3) is 1.00. The second kappa shape index (κ2) is 10.5. The summed E-state index contributed by atoms with van der Waals surface area (Å²) in [5, 5.41) is 38.5. The molecule has 0 aromatic carbocycles. The molecule has 0 radical (unpaired) electrons. The van der Waals surface area contributed by atoms with Crippen LogP contribution in [0.4, 0.5) is 0 Å². The van der Waals surface area contributed by atoms with E-state index in [1.54, 1.807) is 0 Å². The maximum absolute atomic E-state index is 10.1. The van der Waals surface area contributed by atoms with Crippen LogP contribution in [-0.4, -0.2) is 91.5 Å². The minimum atomic E-state index is -0.920. The molecule has 19 heavy (non-hydrogen) atoms. The molecular weight excluding hydrogens is 248 g/mol. The molecule has 1 fully saturated rings. The summed E-state index contributed by atoms with van der Waals surface area (Å²) < 4.78 is 0. The SMILES string of the molecule is OCCC(O)C(O)N1CCNCCNCCNCC1. The zero-order chi connectivity index (χ0) is 13.9. The molecule has 0 bridgehead atoms. The van der Waals surface area contributed by atoms with Gasteiger partial charge in [-0.15, -0.1) is 0 Å². The highest BCUT2D eigenvalue weighted by Gasteiger charge is 2.22. The number of aliphatic hydroxyl groups is 3. The molecule has 1 aliphatic heterocycles. The van der Waals surface area contributed by atoms with E-state index in [9.17, 15) is 10.2 Å². The van der Waals surface area contributed by atoms with E-state index in [-0.39, 0.29) is 13.0 Å². The van der Waals surface area contributed by atoms with E-state index in [0.717, 1.165) is 39.3 Å². The molecule has 0 spiro atoms. The van der Waals surface area contributed by atoms with Gasteiger partial charge in [0.2, 0.25) is 0 Å². The molecular formula is C12H28N4O3. The summed E-state index contributed by atoms with van der Waals surface area (Å²) in [6.07, 6.45) is -1.63. The summed E-state index contributed by atoms with van der Waals surface area (Å²) in [5.74, 6) is 0. The van der Waals surface area contributed by atoms with Gasteiger partial charge in [0.15, 0.2) is 0 Å². The molecule has 114 valence electrons. The van der Waals surface area contributed by atoms with Crippen LogP contribution in [0.15, 0.2) is 0 Å². The molecule has 0 aromatic rings. The van der Waals surface area contributed by atoms with Crippen molar-refractivity contribution in [2.75, 3.05) is 59.0 Å². The average molecular weight is 276 g/mol. The zero-order valence-electron chi connectivity index (χ0n) is 11.5. The predicted molar refractivity (Wildman–Crippen MR) is 73.9 cm³/mol. The largest absolute Gasteiger partial charge is 0.396 e. The maximum atomic E-state index is 10.1. The first-order valence-corrected chi connectivity index (χ1v) is 7.09. The minimum absolute atomic E-state index is 0.117. The van der Waals surface area contributed by atoms with Crippen molar-refractivity contribution < 1.29 is 15.3 Å². The van der Waals surface area contributed by atoms with Gasteiger partial charge in [0, 0.05) is 65.4 Å². The molecule has 1 aliphatic rings. The summed E-state index contributed by atoms with van der Waals surface area (Å²) in [5.41, 5.74) is 0. The Morgan fingerprint density at radius 2 is 1.32 bits per heavy atom. The number of aliphatic hydroxyl groups excluding tert-OH is 3. The number of rotatable bonds is 4. The van der Waals surface area contributed by atoms with E-state index in [1.165, 1.54) is 0 Å². The average Bonchev–Trinajstić information content (AvgIpc) is 2.39. The molecule has 2 unspecified atom stereocenters. The molecule has 7 heteroatoms. The summed E-state index contributed by atoms with van der Waals surface area (Å²) in [4.78, 5) is 1.84. The van der Waals surface area contributed by atoms with Crippen molar-refractivity contribution in [1.29, 1.82) is 0 Å². The van der Waals surface area contributed by atoms with Crippen LogP contribution in [-0.2, 0) is 0 Å². The van der Waals surface area contributed by atoms with Gasteiger partial charge in [-0.25, -0.2) is 0 Å². The van der Waals surface area contributed by atoms with E-state index < -0.39 is 12.3 Å². The van der Waals surface area contributed by atoms with Gasteiger partial charge in [-0.1, -0.05) is 0 Å². The Kier molecular flexibility index (Phi) is 9.27.